The molecule has 4 N–H and O–H groups in total. The zero-order valence-corrected chi connectivity index (χ0v) is 12.9. The molecule has 100 valence electrons. The van der Waals surface area contributed by atoms with Gasteiger partial charge in [-0.25, -0.2) is 4.79 Å². The van der Waals surface area contributed by atoms with Gasteiger partial charge in [-0.3, -0.25) is 0 Å². The monoisotopic (exact) mass is 387 g/mol. The predicted molar refractivity (Wildman–Crippen MR) is 81.1 cm³/mol. The molecule has 0 bridgehead atoms. The van der Waals surface area contributed by atoms with Crippen LogP contribution in [0.4, 0.5) is 16.2 Å². The van der Waals surface area contributed by atoms with Gasteiger partial charge in [-0.05, 0) is 62.2 Å². The normalized spacial score (nSPS) is 10.2. The Hall–Kier alpha value is -1.47. The molecule has 1 heterocycles. The maximum atomic E-state index is 10.7. The lowest BCUT2D eigenvalue weighted by molar-refractivity contribution is 0.259. The molecule has 0 aliphatic rings. The molecule has 2 amide bonds. The van der Waals surface area contributed by atoms with Gasteiger partial charge in [0.1, 0.15) is 5.76 Å². The van der Waals surface area contributed by atoms with Crippen molar-refractivity contribution in [3.63, 3.8) is 0 Å². The van der Waals surface area contributed by atoms with Crippen molar-refractivity contribution < 1.29 is 9.21 Å². The molecule has 0 radical (unpaired) electrons. The third-order valence-electron chi connectivity index (χ3n) is 2.32. The van der Waals surface area contributed by atoms with Gasteiger partial charge >= 0.3 is 6.03 Å². The number of furan rings is 1. The molecular weight excluding hydrogens is 378 g/mol. The summed E-state index contributed by atoms with van der Waals surface area (Å²) in [6.07, 6.45) is 0. The Morgan fingerprint density at radius 1 is 1.21 bits per heavy atom. The smallest absolute Gasteiger partial charge is 0.316 e. The lowest BCUT2D eigenvalue weighted by Crippen LogP contribution is -2.19. The first kappa shape index (κ1) is 14.0. The first-order valence-corrected chi connectivity index (χ1v) is 6.97. The van der Waals surface area contributed by atoms with Crippen LogP contribution in [-0.2, 0) is 6.54 Å². The highest BCUT2D eigenvalue weighted by Gasteiger charge is 2.05. The van der Waals surface area contributed by atoms with Crippen LogP contribution < -0.4 is 16.4 Å². The number of nitrogens with one attached hydrogen (secondary N) is 2. The Bertz CT molecular complexity index is 562. The van der Waals surface area contributed by atoms with E-state index < -0.39 is 6.03 Å². The number of urea groups is 1. The number of nitrogens with two attached hydrogens (primary N) is 1. The van der Waals surface area contributed by atoms with Crippen LogP contribution in [0.15, 0.2) is 43.9 Å². The van der Waals surface area contributed by atoms with E-state index in [1.807, 2.05) is 18.2 Å². The topological polar surface area (TPSA) is 80.3 Å². The molecule has 0 fully saturated rings. The van der Waals surface area contributed by atoms with E-state index in [1.54, 1.807) is 12.1 Å². The second-order valence-electron chi connectivity index (χ2n) is 3.75. The minimum Gasteiger partial charge on any atom is -0.451 e. The maximum Gasteiger partial charge on any atom is 0.316 e. The third-order valence-corrected chi connectivity index (χ3v) is 4.03. The summed E-state index contributed by atoms with van der Waals surface area (Å²) in [5.74, 6) is 0.804. The molecule has 7 heteroatoms. The SMILES string of the molecule is NC(=O)Nc1ccc(NCc2cc(Br)c(Br)o2)cc1. The summed E-state index contributed by atoms with van der Waals surface area (Å²) in [6, 6.07) is 8.53. The van der Waals surface area contributed by atoms with Gasteiger partial charge < -0.3 is 20.8 Å². The quantitative estimate of drug-likeness (QED) is 0.742. The first-order valence-electron chi connectivity index (χ1n) is 5.38. The zero-order chi connectivity index (χ0) is 13.8. The van der Waals surface area contributed by atoms with E-state index in [0.29, 0.717) is 16.9 Å². The summed E-state index contributed by atoms with van der Waals surface area (Å²) < 4.78 is 7.00. The fourth-order valence-electron chi connectivity index (χ4n) is 1.48. The van der Waals surface area contributed by atoms with Crippen molar-refractivity contribution in [1.82, 2.24) is 0 Å². The maximum absolute atomic E-state index is 10.7. The van der Waals surface area contributed by atoms with Gasteiger partial charge in [0.15, 0.2) is 4.67 Å². The van der Waals surface area contributed by atoms with E-state index in [-0.39, 0.29) is 0 Å². The standard InChI is InChI=1S/C12H11Br2N3O2/c13-10-5-9(19-11(10)14)6-16-7-1-3-8(4-2-7)17-12(15)18/h1-5,16H,6H2,(H3,15,17,18). The molecule has 0 atom stereocenters. The second-order valence-corrected chi connectivity index (χ2v) is 5.33. The van der Waals surface area contributed by atoms with E-state index in [4.69, 9.17) is 10.2 Å². The highest BCUT2D eigenvalue weighted by atomic mass is 79.9. The average molecular weight is 389 g/mol. The lowest BCUT2D eigenvalue weighted by atomic mass is 10.2. The van der Waals surface area contributed by atoms with Crippen LogP contribution in [0.1, 0.15) is 5.76 Å². The minimum atomic E-state index is -0.578. The van der Waals surface area contributed by atoms with Gasteiger partial charge in [0.2, 0.25) is 0 Å². The van der Waals surface area contributed by atoms with Crippen molar-refractivity contribution in [1.29, 1.82) is 0 Å². The number of amides is 2. The van der Waals surface area contributed by atoms with E-state index in [0.717, 1.165) is 15.9 Å². The third kappa shape index (κ3) is 4.00. The summed E-state index contributed by atoms with van der Waals surface area (Å²) in [4.78, 5) is 10.7. The van der Waals surface area contributed by atoms with Crippen molar-refractivity contribution >= 4 is 49.3 Å². The number of halogens is 2. The summed E-state index contributed by atoms with van der Waals surface area (Å²) in [7, 11) is 0. The van der Waals surface area contributed by atoms with Crippen molar-refractivity contribution in [2.45, 2.75) is 6.54 Å². The number of rotatable bonds is 4. The van der Waals surface area contributed by atoms with Gasteiger partial charge in [0, 0.05) is 11.4 Å². The highest BCUT2D eigenvalue weighted by Crippen LogP contribution is 2.27. The number of carbonyl (C=O) groups excluding carboxylic acids is 1. The molecule has 2 aromatic rings. The Morgan fingerprint density at radius 3 is 2.37 bits per heavy atom. The van der Waals surface area contributed by atoms with E-state index in [1.165, 1.54) is 0 Å². The van der Waals surface area contributed by atoms with Crippen LogP contribution in [-0.4, -0.2) is 6.03 Å². The number of primary amides is 1. The van der Waals surface area contributed by atoms with Crippen LogP contribution in [0.25, 0.3) is 0 Å². The van der Waals surface area contributed by atoms with E-state index >= 15 is 0 Å². The number of hydrogen-bond donors (Lipinski definition) is 3. The molecule has 1 aromatic carbocycles. The van der Waals surface area contributed by atoms with Gasteiger partial charge in [-0.2, -0.15) is 0 Å². The Kier molecular flexibility index (Phi) is 4.49. The summed E-state index contributed by atoms with van der Waals surface area (Å²) in [5, 5.41) is 5.70. The predicted octanol–water partition coefficient (Wildman–Crippen LogP) is 3.91. The van der Waals surface area contributed by atoms with Crippen LogP contribution >= 0.6 is 31.9 Å². The van der Waals surface area contributed by atoms with Crippen LogP contribution in [0.5, 0.6) is 0 Å². The van der Waals surface area contributed by atoms with Crippen LogP contribution in [0.2, 0.25) is 0 Å². The van der Waals surface area contributed by atoms with Gasteiger partial charge in [-0.15, -0.1) is 0 Å². The largest absolute Gasteiger partial charge is 0.451 e. The molecule has 0 spiro atoms. The number of hydrogen-bond acceptors (Lipinski definition) is 3. The number of benzene rings is 1. The second kappa shape index (κ2) is 6.12. The Balaban J connectivity index is 1.94. The van der Waals surface area contributed by atoms with Gasteiger partial charge in [0.25, 0.3) is 0 Å². The molecule has 19 heavy (non-hydrogen) atoms. The van der Waals surface area contributed by atoms with Gasteiger partial charge in [0.05, 0.1) is 11.0 Å². The summed E-state index contributed by atoms with van der Waals surface area (Å²) >= 11 is 6.64. The minimum absolute atomic E-state index is 0.562. The van der Waals surface area contributed by atoms with E-state index in [2.05, 4.69) is 42.5 Å². The Labute approximate surface area is 126 Å². The van der Waals surface area contributed by atoms with Crippen LogP contribution in [0, 0.1) is 0 Å². The Morgan fingerprint density at radius 2 is 1.84 bits per heavy atom. The highest BCUT2D eigenvalue weighted by molar-refractivity contribution is 9.13. The molecular formula is C12H11Br2N3O2. The van der Waals surface area contributed by atoms with Crippen molar-refractivity contribution in [3.8, 4) is 0 Å². The lowest BCUT2D eigenvalue weighted by Gasteiger charge is -2.06. The average Bonchev–Trinajstić information content (AvgIpc) is 2.67. The fourth-order valence-corrected chi connectivity index (χ4v) is 2.14. The number of anilines is 2. The summed E-state index contributed by atoms with van der Waals surface area (Å²) in [6.45, 7) is 0.562. The molecule has 0 saturated heterocycles. The molecule has 0 saturated carbocycles. The van der Waals surface area contributed by atoms with Gasteiger partial charge in [-0.1, -0.05) is 0 Å². The van der Waals surface area contributed by atoms with Crippen LogP contribution in [0.3, 0.4) is 0 Å². The van der Waals surface area contributed by atoms with Crippen molar-refractivity contribution in [2.75, 3.05) is 10.6 Å². The molecule has 5 nitrogen and oxygen atoms in total. The molecule has 0 aliphatic carbocycles. The molecule has 0 aliphatic heterocycles. The summed E-state index contributed by atoms with van der Waals surface area (Å²) in [5.41, 5.74) is 6.60. The van der Waals surface area contributed by atoms with Crippen molar-refractivity contribution in [2.24, 2.45) is 5.73 Å². The van der Waals surface area contributed by atoms with Crippen molar-refractivity contribution in [3.05, 3.63) is 45.2 Å². The van der Waals surface area contributed by atoms with E-state index in [9.17, 15) is 4.79 Å². The zero-order valence-electron chi connectivity index (χ0n) is 9.74. The number of carbonyl (C=O) groups is 1. The fraction of sp³-hybridized carbons (Fsp3) is 0.0833. The molecule has 0 unspecified atom stereocenters. The molecule has 2 rings (SSSR count). The first-order chi connectivity index (χ1) is 9.04. The molecule has 1 aromatic heterocycles.